The number of nitrogens with one attached hydrogen (secondary N) is 1. The second kappa shape index (κ2) is 6.34. The minimum Gasteiger partial charge on any atom is -0.356 e. The average molecular weight is 300 g/mol. The van der Waals surface area contributed by atoms with Crippen LogP contribution in [0.1, 0.15) is 51.9 Å². The molecular weight excluding hydrogens is 276 g/mol. The first-order valence-corrected chi connectivity index (χ1v) is 7.89. The molecule has 0 radical (unpaired) electrons. The van der Waals surface area contributed by atoms with Crippen molar-refractivity contribution in [1.82, 2.24) is 9.88 Å². The van der Waals surface area contributed by atoms with Gasteiger partial charge in [-0.15, -0.1) is 0 Å². The first kappa shape index (κ1) is 16.3. The van der Waals surface area contributed by atoms with Crippen LogP contribution >= 0.6 is 0 Å². The second-order valence-electron chi connectivity index (χ2n) is 5.50. The van der Waals surface area contributed by atoms with Crippen LogP contribution in [-0.2, 0) is 16.0 Å². The summed E-state index contributed by atoms with van der Waals surface area (Å²) in [4.78, 5) is 28.9. The van der Waals surface area contributed by atoms with E-state index in [-0.39, 0.29) is 23.8 Å². The molecule has 3 rings (SSSR count). The van der Waals surface area contributed by atoms with Crippen LogP contribution in [0.5, 0.6) is 0 Å². The number of aromatic nitrogens is 1. The Bertz CT molecular complexity index is 702. The zero-order chi connectivity index (χ0) is 16.4. The number of amides is 1. The molecule has 2 unspecified atom stereocenters. The molecule has 4 heteroatoms. The Morgan fingerprint density at radius 3 is 2.41 bits per heavy atom. The van der Waals surface area contributed by atoms with Crippen molar-refractivity contribution < 1.29 is 9.59 Å². The average Bonchev–Trinajstić information content (AvgIpc) is 2.88. The fraction of sp³-hybridized carbons (Fsp3) is 0.444. The van der Waals surface area contributed by atoms with E-state index in [2.05, 4.69) is 11.1 Å². The van der Waals surface area contributed by atoms with Crippen molar-refractivity contribution in [3.05, 3.63) is 35.5 Å². The third-order valence-corrected chi connectivity index (χ3v) is 4.25. The van der Waals surface area contributed by atoms with E-state index in [1.807, 2.05) is 39.0 Å². The summed E-state index contributed by atoms with van der Waals surface area (Å²) in [6.45, 7) is 9.07. The molecule has 0 aliphatic carbocycles. The van der Waals surface area contributed by atoms with Gasteiger partial charge in [0.05, 0.1) is 12.1 Å². The summed E-state index contributed by atoms with van der Waals surface area (Å²) < 4.78 is 0. The topological polar surface area (TPSA) is 53.2 Å². The van der Waals surface area contributed by atoms with E-state index in [1.54, 1.807) is 11.8 Å². The summed E-state index contributed by atoms with van der Waals surface area (Å²) in [5.74, 6) is -0.00927. The van der Waals surface area contributed by atoms with E-state index in [4.69, 9.17) is 0 Å². The van der Waals surface area contributed by atoms with Crippen LogP contribution in [0.15, 0.2) is 24.3 Å². The molecule has 1 aromatic heterocycles. The molecule has 2 atom stereocenters. The first-order chi connectivity index (χ1) is 10.5. The van der Waals surface area contributed by atoms with Crippen LogP contribution in [0.4, 0.5) is 0 Å². The highest BCUT2D eigenvalue weighted by Gasteiger charge is 2.37. The first-order valence-electron chi connectivity index (χ1n) is 7.89. The van der Waals surface area contributed by atoms with Crippen LogP contribution < -0.4 is 0 Å². The number of carbonyl (C=O) groups is 2. The predicted octanol–water partition coefficient (Wildman–Crippen LogP) is 3.62. The van der Waals surface area contributed by atoms with Crippen molar-refractivity contribution in [3.8, 4) is 0 Å². The smallest absolute Gasteiger partial charge is 0.220 e. The summed E-state index contributed by atoms with van der Waals surface area (Å²) in [7, 11) is 0. The van der Waals surface area contributed by atoms with Gasteiger partial charge < -0.3 is 9.88 Å². The van der Waals surface area contributed by atoms with Crippen molar-refractivity contribution in [2.45, 2.75) is 53.1 Å². The Balaban J connectivity index is 0.000000847. The van der Waals surface area contributed by atoms with E-state index >= 15 is 0 Å². The zero-order valence-electron chi connectivity index (χ0n) is 13.9. The van der Waals surface area contributed by atoms with Gasteiger partial charge in [0.25, 0.3) is 0 Å². The van der Waals surface area contributed by atoms with Crippen molar-refractivity contribution in [3.63, 3.8) is 0 Å². The number of ketones is 1. The Labute approximate surface area is 131 Å². The molecule has 0 saturated heterocycles. The molecule has 0 fully saturated rings. The van der Waals surface area contributed by atoms with Gasteiger partial charge in [0.2, 0.25) is 5.91 Å². The second-order valence-corrected chi connectivity index (χ2v) is 5.50. The quantitative estimate of drug-likeness (QED) is 0.874. The Kier molecular flexibility index (Phi) is 4.69. The predicted molar refractivity (Wildman–Crippen MR) is 88.8 cm³/mol. The lowest BCUT2D eigenvalue weighted by Gasteiger charge is -2.38. The Hall–Kier alpha value is -2.10. The SMILES string of the molecule is CC.CC(=O)C1Cc2c([nH]c3ccccc23)C(C)N1C(C)=O. The fourth-order valence-electron chi connectivity index (χ4n) is 3.33. The van der Waals surface area contributed by atoms with Crippen LogP contribution in [0.2, 0.25) is 0 Å². The van der Waals surface area contributed by atoms with E-state index < -0.39 is 0 Å². The van der Waals surface area contributed by atoms with Gasteiger partial charge in [-0.05, 0) is 25.5 Å². The molecule has 2 heterocycles. The van der Waals surface area contributed by atoms with Crippen molar-refractivity contribution in [1.29, 1.82) is 0 Å². The third-order valence-electron chi connectivity index (χ3n) is 4.25. The number of H-pyrrole nitrogens is 1. The van der Waals surface area contributed by atoms with Crippen LogP contribution in [0, 0.1) is 0 Å². The number of para-hydroxylation sites is 1. The molecule has 4 nitrogen and oxygen atoms in total. The normalized spacial score (nSPS) is 20.1. The fourth-order valence-corrected chi connectivity index (χ4v) is 3.33. The molecular formula is C18H24N2O2. The molecule has 2 aromatic rings. The van der Waals surface area contributed by atoms with Crippen LogP contribution in [-0.4, -0.2) is 27.6 Å². The molecule has 1 aliphatic rings. The van der Waals surface area contributed by atoms with Gasteiger partial charge in [0.1, 0.15) is 0 Å². The molecule has 118 valence electrons. The summed E-state index contributed by atoms with van der Waals surface area (Å²) >= 11 is 0. The standard InChI is InChI=1S/C16H18N2O2.C2H6/c1-9-16-13(12-6-4-5-7-14(12)17-16)8-15(10(2)19)18(9)11(3)20;1-2/h4-7,9,15,17H,8H2,1-3H3;1-2H3. The zero-order valence-corrected chi connectivity index (χ0v) is 13.9. The lowest BCUT2D eigenvalue weighted by molar-refractivity contribution is -0.140. The van der Waals surface area contributed by atoms with E-state index in [0.29, 0.717) is 6.42 Å². The Morgan fingerprint density at radius 1 is 1.18 bits per heavy atom. The number of nitrogens with zero attached hydrogens (tertiary/aromatic N) is 1. The highest BCUT2D eigenvalue weighted by Crippen LogP contribution is 2.37. The summed E-state index contributed by atoms with van der Waals surface area (Å²) in [5, 5.41) is 1.16. The summed E-state index contributed by atoms with van der Waals surface area (Å²) in [5.41, 5.74) is 3.29. The Morgan fingerprint density at radius 2 is 1.82 bits per heavy atom. The molecule has 1 N–H and O–H groups in total. The van der Waals surface area contributed by atoms with Gasteiger partial charge >= 0.3 is 0 Å². The van der Waals surface area contributed by atoms with Gasteiger partial charge in [0.15, 0.2) is 5.78 Å². The molecule has 0 spiro atoms. The van der Waals surface area contributed by atoms with E-state index in [0.717, 1.165) is 16.6 Å². The molecule has 0 saturated carbocycles. The summed E-state index contributed by atoms with van der Waals surface area (Å²) in [6, 6.07) is 7.63. The van der Waals surface area contributed by atoms with Gasteiger partial charge in [-0.1, -0.05) is 32.0 Å². The number of fused-ring (bicyclic) bond motifs is 3. The van der Waals surface area contributed by atoms with Crippen molar-refractivity contribution in [2.24, 2.45) is 0 Å². The lowest BCUT2D eigenvalue weighted by Crippen LogP contribution is -2.48. The largest absolute Gasteiger partial charge is 0.356 e. The number of Topliss-reactive ketones (excluding diaryl/α,β-unsaturated/α-hetero) is 1. The van der Waals surface area contributed by atoms with Crippen molar-refractivity contribution >= 4 is 22.6 Å². The maximum Gasteiger partial charge on any atom is 0.220 e. The molecule has 0 bridgehead atoms. The number of hydrogen-bond donors (Lipinski definition) is 1. The van der Waals surface area contributed by atoms with Crippen LogP contribution in [0.25, 0.3) is 10.9 Å². The highest BCUT2D eigenvalue weighted by atomic mass is 16.2. The maximum absolute atomic E-state index is 11.9. The summed E-state index contributed by atoms with van der Waals surface area (Å²) in [6.07, 6.45) is 0.596. The molecule has 1 aliphatic heterocycles. The number of carbonyl (C=O) groups excluding carboxylic acids is 2. The van der Waals surface area contributed by atoms with Gasteiger partial charge in [0, 0.05) is 29.9 Å². The molecule has 1 amide bonds. The molecule has 22 heavy (non-hydrogen) atoms. The monoisotopic (exact) mass is 300 g/mol. The number of rotatable bonds is 1. The number of hydrogen-bond acceptors (Lipinski definition) is 2. The van der Waals surface area contributed by atoms with Crippen molar-refractivity contribution in [2.75, 3.05) is 0 Å². The van der Waals surface area contributed by atoms with E-state index in [1.165, 1.54) is 12.5 Å². The highest BCUT2D eigenvalue weighted by molar-refractivity contribution is 5.91. The van der Waals surface area contributed by atoms with Gasteiger partial charge in [-0.25, -0.2) is 0 Å². The van der Waals surface area contributed by atoms with Gasteiger partial charge in [-0.2, -0.15) is 0 Å². The lowest BCUT2D eigenvalue weighted by atomic mass is 9.90. The number of aromatic amines is 1. The van der Waals surface area contributed by atoms with Crippen LogP contribution in [0.3, 0.4) is 0 Å². The molecule has 1 aromatic carbocycles. The van der Waals surface area contributed by atoms with Gasteiger partial charge in [-0.3, -0.25) is 9.59 Å². The maximum atomic E-state index is 11.9. The minimum atomic E-state index is -0.353. The minimum absolute atomic E-state index is 0.0444. The third kappa shape index (κ3) is 2.54. The van der Waals surface area contributed by atoms with E-state index in [9.17, 15) is 9.59 Å². The number of benzene rings is 1.